The number of carbonyl (C=O) groups excluding carboxylic acids is 2. The number of benzene rings is 2. The summed E-state index contributed by atoms with van der Waals surface area (Å²) in [6.45, 7) is 2.65. The van der Waals surface area contributed by atoms with Gasteiger partial charge in [-0.3, -0.25) is 9.59 Å². The maximum atomic E-state index is 13.0. The molecule has 176 valence electrons. The zero-order valence-corrected chi connectivity index (χ0v) is 20.2. The van der Waals surface area contributed by atoms with Crippen LogP contribution in [0.15, 0.2) is 48.5 Å². The highest BCUT2D eigenvalue weighted by atomic mass is 32.1. The second-order valence-corrected chi connectivity index (χ2v) is 10.4. The van der Waals surface area contributed by atoms with Crippen LogP contribution < -0.4 is 11.1 Å². The Morgan fingerprint density at radius 3 is 2.66 bits per heavy atom. The predicted molar refractivity (Wildman–Crippen MR) is 140 cm³/mol. The molecule has 1 atom stereocenters. The summed E-state index contributed by atoms with van der Waals surface area (Å²) in [4.78, 5) is 36.2. The van der Waals surface area contributed by atoms with Crippen LogP contribution in [-0.2, 0) is 24.2 Å². The number of anilines is 1. The number of nitrogens with zero attached hydrogens (tertiary/aromatic N) is 3. The molecule has 1 aliphatic carbocycles. The number of nitrogens with two attached hydrogens (primary N) is 1. The predicted octanol–water partition coefficient (Wildman–Crippen LogP) is 5.05. The van der Waals surface area contributed by atoms with Crippen molar-refractivity contribution in [1.29, 1.82) is 0 Å². The van der Waals surface area contributed by atoms with Gasteiger partial charge in [0.1, 0.15) is 10.5 Å². The lowest BCUT2D eigenvalue weighted by Crippen LogP contribution is -2.20. The molecule has 35 heavy (non-hydrogen) atoms. The molecule has 3 N–H and O–H groups in total. The minimum absolute atomic E-state index is 0.154. The van der Waals surface area contributed by atoms with Gasteiger partial charge in [0.25, 0.3) is 5.91 Å². The van der Waals surface area contributed by atoms with Gasteiger partial charge in [-0.05, 0) is 48.9 Å². The molecule has 1 unspecified atom stereocenters. The van der Waals surface area contributed by atoms with Gasteiger partial charge in [-0.25, -0.2) is 9.97 Å². The summed E-state index contributed by atoms with van der Waals surface area (Å²) in [5, 5.41) is 4.57. The molecule has 1 aliphatic rings. The average Bonchev–Trinajstić information content (AvgIpc) is 3.35. The molecular formula is C27H25N5O2S. The minimum Gasteiger partial charge on any atom is -0.365 e. The summed E-state index contributed by atoms with van der Waals surface area (Å²) in [6, 6.07) is 15.8. The standard InChI is InChI=1S/C27H25N5O2S/c1-15-10-11-17-21(14-15)35-27(23(17)25(28)34)31-22(33)12-13-32-20-9-5-2-6-16(20)24-26(32)30-19-8-4-3-7-18(19)29-24/h2-9,15H,10-14H2,1H3,(H2,28,34)(H,31,33). The molecule has 0 aliphatic heterocycles. The Morgan fingerprint density at radius 1 is 1.11 bits per heavy atom. The van der Waals surface area contributed by atoms with E-state index in [1.54, 1.807) is 0 Å². The Labute approximate surface area is 206 Å². The maximum absolute atomic E-state index is 13.0. The smallest absolute Gasteiger partial charge is 0.251 e. The van der Waals surface area contributed by atoms with Crippen molar-refractivity contribution >= 4 is 61.3 Å². The highest BCUT2D eigenvalue weighted by Crippen LogP contribution is 2.39. The average molecular weight is 484 g/mol. The van der Waals surface area contributed by atoms with Crippen molar-refractivity contribution in [1.82, 2.24) is 14.5 Å². The Morgan fingerprint density at radius 2 is 1.86 bits per heavy atom. The van der Waals surface area contributed by atoms with E-state index in [0.29, 0.717) is 23.0 Å². The van der Waals surface area contributed by atoms with E-state index in [2.05, 4.69) is 16.8 Å². The van der Waals surface area contributed by atoms with Crippen molar-refractivity contribution in [2.45, 2.75) is 39.2 Å². The molecule has 7 nitrogen and oxygen atoms in total. The molecular weight excluding hydrogens is 458 g/mol. The van der Waals surface area contributed by atoms with Crippen LogP contribution in [0.1, 0.15) is 40.6 Å². The number of primary amides is 1. The molecule has 5 aromatic rings. The van der Waals surface area contributed by atoms with E-state index in [0.717, 1.165) is 62.8 Å². The van der Waals surface area contributed by atoms with E-state index in [-0.39, 0.29) is 12.3 Å². The van der Waals surface area contributed by atoms with Crippen molar-refractivity contribution in [3.63, 3.8) is 0 Å². The number of hydrogen-bond acceptors (Lipinski definition) is 5. The summed E-state index contributed by atoms with van der Waals surface area (Å²) < 4.78 is 2.06. The number of amides is 2. The van der Waals surface area contributed by atoms with E-state index >= 15 is 0 Å². The SMILES string of the molecule is CC1CCc2c(sc(NC(=O)CCn3c4ccccc4c4nc5ccccc5nc43)c2C(N)=O)C1. The number of hydrogen-bond donors (Lipinski definition) is 2. The van der Waals surface area contributed by atoms with Crippen molar-refractivity contribution < 1.29 is 9.59 Å². The van der Waals surface area contributed by atoms with Gasteiger partial charge in [0.05, 0.1) is 22.1 Å². The number of fused-ring (bicyclic) bond motifs is 5. The summed E-state index contributed by atoms with van der Waals surface area (Å²) >= 11 is 1.49. The Balaban J connectivity index is 1.31. The van der Waals surface area contributed by atoms with Crippen molar-refractivity contribution in [2.75, 3.05) is 5.32 Å². The molecule has 2 aromatic carbocycles. The van der Waals surface area contributed by atoms with Gasteiger partial charge in [-0.15, -0.1) is 11.3 Å². The van der Waals surface area contributed by atoms with E-state index in [1.165, 1.54) is 11.3 Å². The van der Waals surface area contributed by atoms with Crippen LogP contribution in [-0.4, -0.2) is 26.3 Å². The van der Waals surface area contributed by atoms with Gasteiger partial charge < -0.3 is 15.6 Å². The Kier molecular flexibility index (Phi) is 5.25. The summed E-state index contributed by atoms with van der Waals surface area (Å²) in [5.74, 6) is -0.0614. The summed E-state index contributed by atoms with van der Waals surface area (Å²) in [5.41, 5.74) is 11.5. The lowest BCUT2D eigenvalue weighted by Gasteiger charge is -2.18. The molecule has 0 saturated heterocycles. The van der Waals surface area contributed by atoms with Gasteiger partial charge in [-0.2, -0.15) is 0 Å². The summed E-state index contributed by atoms with van der Waals surface area (Å²) in [7, 11) is 0. The fourth-order valence-electron chi connectivity index (χ4n) is 5.11. The number of thiophene rings is 1. The molecule has 8 heteroatoms. The number of carbonyl (C=O) groups is 2. The molecule has 0 saturated carbocycles. The molecule has 2 amide bonds. The molecule has 0 spiro atoms. The van der Waals surface area contributed by atoms with Crippen molar-refractivity contribution in [3.05, 3.63) is 64.5 Å². The molecule has 0 bridgehead atoms. The normalized spacial score (nSPS) is 15.5. The van der Waals surface area contributed by atoms with Crippen LogP contribution >= 0.6 is 11.3 Å². The second kappa shape index (κ2) is 8.46. The molecule has 0 radical (unpaired) electrons. The van der Waals surface area contributed by atoms with Gasteiger partial charge in [-0.1, -0.05) is 37.3 Å². The van der Waals surface area contributed by atoms with E-state index in [1.807, 2.05) is 48.5 Å². The van der Waals surface area contributed by atoms with E-state index in [4.69, 9.17) is 15.7 Å². The lowest BCUT2D eigenvalue weighted by atomic mass is 9.88. The van der Waals surface area contributed by atoms with Crippen molar-refractivity contribution in [2.24, 2.45) is 11.7 Å². The third-order valence-electron chi connectivity index (χ3n) is 6.83. The van der Waals surface area contributed by atoms with E-state index < -0.39 is 5.91 Å². The number of nitrogens with one attached hydrogen (secondary N) is 1. The minimum atomic E-state index is -0.475. The van der Waals surface area contributed by atoms with Crippen LogP contribution in [0.2, 0.25) is 0 Å². The van der Waals surface area contributed by atoms with Gasteiger partial charge in [0.15, 0.2) is 5.65 Å². The van der Waals surface area contributed by atoms with Crippen LogP contribution in [0.3, 0.4) is 0 Å². The van der Waals surface area contributed by atoms with Crippen LogP contribution in [0.4, 0.5) is 5.00 Å². The monoisotopic (exact) mass is 483 g/mol. The van der Waals surface area contributed by atoms with Gasteiger partial charge in [0.2, 0.25) is 5.91 Å². The largest absolute Gasteiger partial charge is 0.365 e. The number of rotatable bonds is 5. The van der Waals surface area contributed by atoms with Gasteiger partial charge >= 0.3 is 0 Å². The topological polar surface area (TPSA) is 103 Å². The van der Waals surface area contributed by atoms with Crippen molar-refractivity contribution in [3.8, 4) is 0 Å². The first kappa shape index (κ1) is 21.7. The number of aromatic nitrogens is 3. The fourth-order valence-corrected chi connectivity index (χ4v) is 6.54. The highest BCUT2D eigenvalue weighted by molar-refractivity contribution is 7.17. The first-order chi connectivity index (χ1) is 17.0. The first-order valence-electron chi connectivity index (χ1n) is 11.9. The lowest BCUT2D eigenvalue weighted by molar-refractivity contribution is -0.116. The quantitative estimate of drug-likeness (QED) is 0.365. The summed E-state index contributed by atoms with van der Waals surface area (Å²) in [6.07, 6.45) is 3.01. The molecule has 3 aromatic heterocycles. The molecule has 3 heterocycles. The Bertz CT molecular complexity index is 1630. The van der Waals surface area contributed by atoms with E-state index in [9.17, 15) is 9.59 Å². The fraction of sp³-hybridized carbons (Fsp3) is 0.259. The molecule has 6 rings (SSSR count). The second-order valence-electron chi connectivity index (χ2n) is 9.27. The third kappa shape index (κ3) is 3.74. The number of aryl methyl sites for hydroxylation is 1. The third-order valence-corrected chi connectivity index (χ3v) is 8.00. The van der Waals surface area contributed by atoms with Crippen LogP contribution in [0.25, 0.3) is 33.1 Å². The van der Waals surface area contributed by atoms with Crippen LogP contribution in [0, 0.1) is 5.92 Å². The zero-order valence-electron chi connectivity index (χ0n) is 19.4. The maximum Gasteiger partial charge on any atom is 0.251 e. The Hall–Kier alpha value is -3.78. The first-order valence-corrected chi connectivity index (χ1v) is 12.7. The van der Waals surface area contributed by atoms with Crippen LogP contribution in [0.5, 0.6) is 0 Å². The highest BCUT2D eigenvalue weighted by Gasteiger charge is 2.27. The number of para-hydroxylation sites is 3. The molecule has 0 fully saturated rings. The van der Waals surface area contributed by atoms with Gasteiger partial charge in [0, 0.05) is 23.2 Å². The zero-order chi connectivity index (χ0) is 24.1.